The van der Waals surface area contributed by atoms with Crippen molar-refractivity contribution in [3.8, 4) is 0 Å². The minimum atomic E-state index is -0.627. The zero-order valence-corrected chi connectivity index (χ0v) is 10.0. The van der Waals surface area contributed by atoms with E-state index in [9.17, 15) is 5.11 Å². The third-order valence-corrected chi connectivity index (χ3v) is 3.95. The maximum atomic E-state index is 10.7. The molecule has 1 aromatic heterocycles. The van der Waals surface area contributed by atoms with Crippen molar-refractivity contribution in [2.45, 2.75) is 51.0 Å². The average molecular weight is 219 g/mol. The summed E-state index contributed by atoms with van der Waals surface area (Å²) in [7, 11) is 0. The monoisotopic (exact) mass is 219 g/mol. The lowest BCUT2D eigenvalue weighted by atomic mass is 9.87. The summed E-state index contributed by atoms with van der Waals surface area (Å²) in [6, 6.07) is 3.91. The minimum Gasteiger partial charge on any atom is -0.385 e. The molecule has 2 heteroatoms. The second kappa shape index (κ2) is 4.96. The van der Waals surface area contributed by atoms with Gasteiger partial charge in [0.15, 0.2) is 0 Å². The van der Waals surface area contributed by atoms with E-state index in [1.54, 1.807) is 6.20 Å². The fourth-order valence-electron chi connectivity index (χ4n) is 2.73. The number of rotatable bonds is 2. The van der Waals surface area contributed by atoms with Crippen molar-refractivity contribution in [1.29, 1.82) is 0 Å². The largest absolute Gasteiger partial charge is 0.385 e. The zero-order chi connectivity index (χ0) is 11.4. The van der Waals surface area contributed by atoms with Gasteiger partial charge >= 0.3 is 0 Å². The molecule has 1 heterocycles. The first-order valence-corrected chi connectivity index (χ1v) is 6.37. The van der Waals surface area contributed by atoms with Crippen molar-refractivity contribution in [3.05, 3.63) is 30.1 Å². The highest BCUT2D eigenvalue weighted by molar-refractivity contribution is 5.18. The lowest BCUT2D eigenvalue weighted by Crippen LogP contribution is -2.24. The van der Waals surface area contributed by atoms with Crippen molar-refractivity contribution < 1.29 is 5.11 Å². The number of nitrogens with zero attached hydrogens (tertiary/aromatic N) is 1. The van der Waals surface area contributed by atoms with Crippen molar-refractivity contribution >= 4 is 0 Å². The van der Waals surface area contributed by atoms with E-state index < -0.39 is 5.60 Å². The predicted molar refractivity (Wildman–Crippen MR) is 65.0 cm³/mol. The molecular weight excluding hydrogens is 198 g/mol. The molecule has 0 radical (unpaired) electrons. The molecule has 0 aromatic carbocycles. The highest BCUT2D eigenvalue weighted by atomic mass is 16.3. The molecule has 1 aliphatic rings. The van der Waals surface area contributed by atoms with Gasteiger partial charge in [-0.1, -0.05) is 25.8 Å². The Morgan fingerprint density at radius 2 is 2.31 bits per heavy atom. The van der Waals surface area contributed by atoms with Gasteiger partial charge in [0.2, 0.25) is 0 Å². The highest BCUT2D eigenvalue weighted by Crippen LogP contribution is 2.38. The van der Waals surface area contributed by atoms with Gasteiger partial charge in [0, 0.05) is 18.0 Å². The zero-order valence-electron chi connectivity index (χ0n) is 10.0. The van der Waals surface area contributed by atoms with Crippen molar-refractivity contribution in [3.63, 3.8) is 0 Å². The summed E-state index contributed by atoms with van der Waals surface area (Å²) in [5.41, 5.74) is 0.366. The van der Waals surface area contributed by atoms with Gasteiger partial charge < -0.3 is 5.11 Å². The van der Waals surface area contributed by atoms with Gasteiger partial charge in [0.1, 0.15) is 0 Å². The van der Waals surface area contributed by atoms with Crippen LogP contribution in [0.5, 0.6) is 0 Å². The Morgan fingerprint density at radius 1 is 1.44 bits per heavy atom. The standard InChI is InChI=1S/C14H21NO/c1-2-12-5-3-8-14(16,9-7-12)13-6-4-10-15-11-13/h4,6,10-12,16H,2-3,5,7-9H2,1H3. The van der Waals surface area contributed by atoms with Crippen LogP contribution in [0.2, 0.25) is 0 Å². The van der Waals surface area contributed by atoms with Crippen LogP contribution in [0.3, 0.4) is 0 Å². The summed E-state index contributed by atoms with van der Waals surface area (Å²) >= 11 is 0. The van der Waals surface area contributed by atoms with E-state index in [4.69, 9.17) is 0 Å². The molecule has 2 unspecified atom stereocenters. The van der Waals surface area contributed by atoms with Crippen molar-refractivity contribution in [1.82, 2.24) is 4.98 Å². The van der Waals surface area contributed by atoms with Crippen LogP contribution in [0, 0.1) is 5.92 Å². The van der Waals surface area contributed by atoms with Crippen molar-refractivity contribution in [2.75, 3.05) is 0 Å². The summed E-state index contributed by atoms with van der Waals surface area (Å²) in [4.78, 5) is 4.11. The SMILES string of the molecule is CCC1CCCC(O)(c2cccnc2)CC1. The Labute approximate surface area is 97.7 Å². The van der Waals surface area contributed by atoms with Gasteiger partial charge in [0.05, 0.1) is 5.60 Å². The summed E-state index contributed by atoms with van der Waals surface area (Å²) < 4.78 is 0. The summed E-state index contributed by atoms with van der Waals surface area (Å²) in [5.74, 6) is 0.797. The molecule has 0 amide bonds. The van der Waals surface area contributed by atoms with E-state index >= 15 is 0 Å². The average Bonchev–Trinajstić information content (AvgIpc) is 2.53. The molecular formula is C14H21NO. The van der Waals surface area contributed by atoms with Crippen LogP contribution in [0.1, 0.15) is 51.0 Å². The Kier molecular flexibility index (Phi) is 3.59. The van der Waals surface area contributed by atoms with Gasteiger partial charge in [-0.05, 0) is 37.7 Å². The number of hydrogen-bond donors (Lipinski definition) is 1. The molecule has 1 saturated carbocycles. The number of pyridine rings is 1. The molecule has 2 rings (SSSR count). The maximum Gasteiger partial charge on any atom is 0.0911 e. The molecule has 1 aliphatic carbocycles. The molecule has 1 fully saturated rings. The molecule has 0 aliphatic heterocycles. The number of hydrogen-bond acceptors (Lipinski definition) is 2. The van der Waals surface area contributed by atoms with Crippen LogP contribution in [-0.4, -0.2) is 10.1 Å². The molecule has 1 aromatic rings. The third-order valence-electron chi connectivity index (χ3n) is 3.95. The lowest BCUT2D eigenvalue weighted by Gasteiger charge is -2.26. The second-order valence-corrected chi connectivity index (χ2v) is 4.98. The van der Waals surface area contributed by atoms with E-state index in [1.807, 2.05) is 18.3 Å². The Bertz CT molecular complexity index is 325. The second-order valence-electron chi connectivity index (χ2n) is 4.98. The molecule has 1 N–H and O–H groups in total. The fourth-order valence-corrected chi connectivity index (χ4v) is 2.73. The van der Waals surface area contributed by atoms with E-state index in [0.29, 0.717) is 0 Å². The lowest BCUT2D eigenvalue weighted by molar-refractivity contribution is 0.0193. The minimum absolute atomic E-state index is 0.627. The highest BCUT2D eigenvalue weighted by Gasteiger charge is 2.32. The van der Waals surface area contributed by atoms with Gasteiger partial charge in [-0.15, -0.1) is 0 Å². The number of aliphatic hydroxyl groups is 1. The molecule has 2 atom stereocenters. The molecule has 16 heavy (non-hydrogen) atoms. The van der Waals surface area contributed by atoms with Gasteiger partial charge in [-0.2, -0.15) is 0 Å². The first-order chi connectivity index (χ1) is 7.74. The molecule has 2 nitrogen and oxygen atoms in total. The van der Waals surface area contributed by atoms with Crippen molar-refractivity contribution in [2.24, 2.45) is 5.92 Å². The fraction of sp³-hybridized carbons (Fsp3) is 0.643. The van der Waals surface area contributed by atoms with E-state index in [0.717, 1.165) is 37.2 Å². The molecule has 0 bridgehead atoms. The van der Waals surface area contributed by atoms with Gasteiger partial charge in [-0.25, -0.2) is 0 Å². The van der Waals surface area contributed by atoms with E-state index in [-0.39, 0.29) is 0 Å². The van der Waals surface area contributed by atoms with E-state index in [2.05, 4.69) is 11.9 Å². The van der Waals surface area contributed by atoms with Crippen LogP contribution in [-0.2, 0) is 5.60 Å². The van der Waals surface area contributed by atoms with Gasteiger partial charge in [0.25, 0.3) is 0 Å². The van der Waals surface area contributed by atoms with Crippen LogP contribution < -0.4 is 0 Å². The summed E-state index contributed by atoms with van der Waals surface area (Å²) in [5, 5.41) is 10.7. The van der Waals surface area contributed by atoms with Crippen LogP contribution in [0.25, 0.3) is 0 Å². The van der Waals surface area contributed by atoms with Gasteiger partial charge in [-0.3, -0.25) is 4.98 Å². The van der Waals surface area contributed by atoms with Crippen LogP contribution in [0.4, 0.5) is 0 Å². The number of aromatic nitrogens is 1. The smallest absolute Gasteiger partial charge is 0.0911 e. The molecule has 0 saturated heterocycles. The Balaban J connectivity index is 2.13. The predicted octanol–water partition coefficient (Wildman–Crippen LogP) is 3.26. The van der Waals surface area contributed by atoms with E-state index in [1.165, 1.54) is 12.8 Å². The Hall–Kier alpha value is -0.890. The van der Waals surface area contributed by atoms with Crippen LogP contribution >= 0.6 is 0 Å². The topological polar surface area (TPSA) is 33.1 Å². The molecule has 0 spiro atoms. The quantitative estimate of drug-likeness (QED) is 0.774. The summed E-state index contributed by atoms with van der Waals surface area (Å²) in [6.45, 7) is 2.25. The molecule has 88 valence electrons. The van der Waals surface area contributed by atoms with Crippen LogP contribution in [0.15, 0.2) is 24.5 Å². The first-order valence-electron chi connectivity index (χ1n) is 6.37. The summed E-state index contributed by atoms with van der Waals surface area (Å²) in [6.07, 6.45) is 10.1. The Morgan fingerprint density at radius 3 is 3.00 bits per heavy atom. The normalized spacial score (nSPS) is 31.0. The first kappa shape index (κ1) is 11.6. The maximum absolute atomic E-state index is 10.7. The third kappa shape index (κ3) is 2.43.